The molecule has 0 aliphatic heterocycles. The number of aliphatic carboxylic acids is 1. The first kappa shape index (κ1) is 18.1. The molecule has 1 amide bonds. The van der Waals surface area contributed by atoms with Crippen molar-refractivity contribution in [2.45, 2.75) is 25.9 Å². The van der Waals surface area contributed by atoms with E-state index in [1.54, 1.807) is 25.1 Å². The highest BCUT2D eigenvalue weighted by molar-refractivity contribution is 5.95. The van der Waals surface area contributed by atoms with Crippen LogP contribution in [0.5, 0.6) is 0 Å². The summed E-state index contributed by atoms with van der Waals surface area (Å²) in [6.45, 7) is 1.83. The van der Waals surface area contributed by atoms with Gasteiger partial charge in [0.05, 0.1) is 24.2 Å². The molecule has 2 aromatic rings. The van der Waals surface area contributed by atoms with Crippen LogP contribution in [0.15, 0.2) is 41.0 Å². The van der Waals surface area contributed by atoms with Gasteiger partial charge < -0.3 is 14.8 Å². The summed E-state index contributed by atoms with van der Waals surface area (Å²) in [6.07, 6.45) is 1.07. The predicted molar refractivity (Wildman–Crippen MR) is 88.1 cm³/mol. The van der Waals surface area contributed by atoms with E-state index in [0.717, 1.165) is 0 Å². The summed E-state index contributed by atoms with van der Waals surface area (Å²) in [4.78, 5) is 33.8. The zero-order chi connectivity index (χ0) is 18.4. The van der Waals surface area contributed by atoms with Crippen LogP contribution in [0.2, 0.25) is 0 Å². The van der Waals surface area contributed by atoms with Crippen LogP contribution in [0.25, 0.3) is 0 Å². The first-order valence-electron chi connectivity index (χ1n) is 7.40. The zero-order valence-corrected chi connectivity index (χ0v) is 13.4. The number of hydrogen-bond donors (Lipinski definition) is 3. The highest BCUT2D eigenvalue weighted by atomic mass is 16.6. The number of amides is 1. The Kier molecular flexibility index (Phi) is 5.85. The van der Waals surface area contributed by atoms with E-state index in [0.29, 0.717) is 11.3 Å². The second kappa shape index (κ2) is 8.06. The van der Waals surface area contributed by atoms with Crippen LogP contribution in [-0.4, -0.2) is 27.9 Å². The average molecular weight is 347 g/mol. The van der Waals surface area contributed by atoms with Crippen molar-refractivity contribution >= 4 is 23.3 Å². The topological polar surface area (TPSA) is 135 Å². The molecule has 0 aliphatic carbocycles. The number of carbonyl (C=O) groups is 2. The summed E-state index contributed by atoms with van der Waals surface area (Å²) in [5, 5.41) is 25.4. The Morgan fingerprint density at radius 1 is 1.36 bits per heavy atom. The van der Waals surface area contributed by atoms with Crippen molar-refractivity contribution in [1.82, 2.24) is 5.32 Å². The Hall–Kier alpha value is -3.20. The highest BCUT2D eigenvalue weighted by Crippen LogP contribution is 2.25. The van der Waals surface area contributed by atoms with Crippen LogP contribution in [0.1, 0.15) is 17.7 Å². The number of carboxylic acids is 1. The van der Waals surface area contributed by atoms with E-state index in [9.17, 15) is 24.8 Å². The number of carbonyl (C=O) groups excluding carboxylic acids is 1. The summed E-state index contributed by atoms with van der Waals surface area (Å²) in [6, 6.07) is 6.54. The van der Waals surface area contributed by atoms with Gasteiger partial charge in [0.25, 0.3) is 5.69 Å². The van der Waals surface area contributed by atoms with Crippen LogP contribution in [0.4, 0.5) is 11.4 Å². The van der Waals surface area contributed by atoms with Crippen LogP contribution in [0.3, 0.4) is 0 Å². The molecule has 1 heterocycles. The third-order valence-corrected chi connectivity index (χ3v) is 3.41. The molecule has 1 atom stereocenters. The number of benzene rings is 1. The molecule has 1 unspecified atom stereocenters. The Bertz CT molecular complexity index is 772. The van der Waals surface area contributed by atoms with E-state index in [2.05, 4.69) is 10.6 Å². The fraction of sp³-hybridized carbons (Fsp3) is 0.250. The van der Waals surface area contributed by atoms with Crippen LogP contribution < -0.4 is 10.6 Å². The van der Waals surface area contributed by atoms with Gasteiger partial charge in [0, 0.05) is 6.07 Å². The number of nitro groups is 1. The molecule has 132 valence electrons. The number of carboxylic acid groups (broad SMARTS) is 1. The van der Waals surface area contributed by atoms with Crippen molar-refractivity contribution in [2.75, 3.05) is 5.32 Å². The van der Waals surface area contributed by atoms with E-state index < -0.39 is 22.8 Å². The summed E-state index contributed by atoms with van der Waals surface area (Å²) < 4.78 is 5.09. The molecule has 0 aliphatic rings. The van der Waals surface area contributed by atoms with Crippen molar-refractivity contribution < 1.29 is 24.0 Å². The highest BCUT2D eigenvalue weighted by Gasteiger charge is 2.23. The van der Waals surface area contributed by atoms with Gasteiger partial charge in [-0.15, -0.1) is 0 Å². The van der Waals surface area contributed by atoms with Crippen LogP contribution in [0, 0.1) is 17.0 Å². The lowest BCUT2D eigenvalue weighted by atomic mass is 10.1. The van der Waals surface area contributed by atoms with Crippen molar-refractivity contribution in [3.8, 4) is 0 Å². The van der Waals surface area contributed by atoms with Gasteiger partial charge in [0.15, 0.2) is 0 Å². The van der Waals surface area contributed by atoms with Gasteiger partial charge in [0.1, 0.15) is 17.5 Å². The van der Waals surface area contributed by atoms with E-state index >= 15 is 0 Å². The van der Waals surface area contributed by atoms with Gasteiger partial charge >= 0.3 is 5.97 Å². The van der Waals surface area contributed by atoms with E-state index in [4.69, 9.17) is 4.42 Å². The number of aryl methyl sites for hydroxylation is 1. The van der Waals surface area contributed by atoms with Crippen LogP contribution >= 0.6 is 0 Å². The van der Waals surface area contributed by atoms with Gasteiger partial charge in [-0.1, -0.05) is 6.07 Å². The fourth-order valence-electron chi connectivity index (χ4n) is 2.17. The number of anilines is 1. The summed E-state index contributed by atoms with van der Waals surface area (Å²) in [5.41, 5.74) is 0.452. The lowest BCUT2D eigenvalue weighted by molar-refractivity contribution is -0.384. The zero-order valence-electron chi connectivity index (χ0n) is 13.4. The fourth-order valence-corrected chi connectivity index (χ4v) is 2.17. The molecule has 0 saturated carbocycles. The van der Waals surface area contributed by atoms with E-state index in [1.165, 1.54) is 18.4 Å². The number of nitro benzene ring substituents is 1. The molecular weight excluding hydrogens is 330 g/mol. The van der Waals surface area contributed by atoms with Crippen LogP contribution in [-0.2, 0) is 16.1 Å². The molecule has 3 N–H and O–H groups in total. The van der Waals surface area contributed by atoms with Gasteiger partial charge in [-0.25, -0.2) is 0 Å². The molecule has 1 aromatic heterocycles. The smallest absolute Gasteiger partial charge is 0.321 e. The van der Waals surface area contributed by atoms with E-state index in [-0.39, 0.29) is 24.3 Å². The second-order valence-electron chi connectivity index (χ2n) is 5.38. The Balaban J connectivity index is 2.01. The first-order valence-corrected chi connectivity index (χ1v) is 7.40. The molecule has 25 heavy (non-hydrogen) atoms. The number of hydrogen-bond acceptors (Lipinski definition) is 6. The molecule has 2 rings (SSSR count). The lowest BCUT2D eigenvalue weighted by Gasteiger charge is -2.13. The average Bonchev–Trinajstić information content (AvgIpc) is 3.06. The third kappa shape index (κ3) is 5.15. The summed E-state index contributed by atoms with van der Waals surface area (Å²) in [7, 11) is 0. The first-order chi connectivity index (χ1) is 11.9. The molecule has 9 heteroatoms. The van der Waals surface area contributed by atoms with Crippen molar-refractivity contribution in [3.63, 3.8) is 0 Å². The Morgan fingerprint density at radius 2 is 2.12 bits per heavy atom. The second-order valence-corrected chi connectivity index (χ2v) is 5.38. The Morgan fingerprint density at radius 3 is 2.72 bits per heavy atom. The number of nitrogens with one attached hydrogen (secondary N) is 2. The molecule has 0 fully saturated rings. The molecule has 1 aromatic carbocycles. The maximum atomic E-state index is 12.1. The minimum absolute atomic E-state index is 0.0239. The quantitative estimate of drug-likeness (QED) is 0.491. The third-order valence-electron chi connectivity index (χ3n) is 3.41. The minimum atomic E-state index is -1.21. The normalized spacial score (nSPS) is 11.7. The number of nitrogens with zero attached hydrogens (tertiary/aromatic N) is 1. The largest absolute Gasteiger partial charge is 0.480 e. The van der Waals surface area contributed by atoms with Gasteiger partial charge in [-0.05, 0) is 30.7 Å². The predicted octanol–water partition coefficient (Wildman–Crippen LogP) is 2.07. The van der Waals surface area contributed by atoms with Crippen molar-refractivity contribution in [1.29, 1.82) is 0 Å². The molecule has 0 bridgehead atoms. The van der Waals surface area contributed by atoms with Crippen molar-refractivity contribution in [2.24, 2.45) is 0 Å². The molecular formula is C16H17N3O6. The molecule has 9 nitrogen and oxygen atoms in total. The maximum absolute atomic E-state index is 12.1. The van der Waals surface area contributed by atoms with Crippen molar-refractivity contribution in [3.05, 3.63) is 58.0 Å². The molecule has 0 radical (unpaired) electrons. The lowest BCUT2D eigenvalue weighted by Crippen LogP contribution is -2.39. The standard InChI is InChI=1S/C16H17N3O6/c1-10-4-5-12(14(7-10)19(23)24)18-15(20)8-13(16(21)22)17-9-11-3-2-6-25-11/h2-7,13,17H,8-9H2,1H3,(H,18,20)(H,21,22). The van der Waals surface area contributed by atoms with Gasteiger partial charge in [0.2, 0.25) is 5.91 Å². The van der Waals surface area contributed by atoms with Gasteiger partial charge in [-0.2, -0.15) is 0 Å². The number of furan rings is 1. The Labute approximate surface area is 142 Å². The van der Waals surface area contributed by atoms with Gasteiger partial charge in [-0.3, -0.25) is 25.0 Å². The summed E-state index contributed by atoms with van der Waals surface area (Å²) in [5.74, 6) is -1.33. The summed E-state index contributed by atoms with van der Waals surface area (Å²) >= 11 is 0. The maximum Gasteiger partial charge on any atom is 0.321 e. The monoisotopic (exact) mass is 347 g/mol. The molecule has 0 saturated heterocycles. The van der Waals surface area contributed by atoms with E-state index in [1.807, 2.05) is 0 Å². The molecule has 0 spiro atoms. The minimum Gasteiger partial charge on any atom is -0.480 e. The number of rotatable bonds is 8. The SMILES string of the molecule is Cc1ccc(NC(=O)CC(NCc2ccco2)C(=O)O)c([N+](=O)[O-])c1.